The third-order valence-electron chi connectivity index (χ3n) is 5.79. The van der Waals surface area contributed by atoms with E-state index in [1.165, 1.54) is 42.6 Å². The van der Waals surface area contributed by atoms with Gasteiger partial charge in [-0.1, -0.05) is 17.3 Å². The van der Waals surface area contributed by atoms with E-state index in [9.17, 15) is 32.7 Å². The molecule has 0 aliphatic carbocycles. The van der Waals surface area contributed by atoms with Crippen LogP contribution in [0, 0.1) is 5.92 Å². The van der Waals surface area contributed by atoms with Gasteiger partial charge in [-0.3, -0.25) is 14.4 Å². The lowest BCUT2D eigenvalue weighted by Crippen LogP contribution is -2.28. The maximum absolute atomic E-state index is 12.9. The number of carbonyl (C=O) groups is 2. The molecule has 0 fully saturated rings. The van der Waals surface area contributed by atoms with Crippen molar-refractivity contribution in [3.8, 4) is 5.75 Å². The second-order valence-corrected chi connectivity index (χ2v) is 8.45. The van der Waals surface area contributed by atoms with Crippen LogP contribution in [0.15, 0.2) is 71.7 Å². The molecule has 4 rings (SSSR count). The fraction of sp³-hybridized carbons (Fsp3) is 0.231. The number of hydrogen-bond donors (Lipinski definition) is 1. The van der Waals surface area contributed by atoms with Crippen molar-refractivity contribution in [3.05, 3.63) is 93.9 Å². The summed E-state index contributed by atoms with van der Waals surface area (Å²) in [6, 6.07) is 13.8. The second-order valence-electron chi connectivity index (χ2n) is 8.45. The van der Waals surface area contributed by atoms with Gasteiger partial charge in [0.25, 0.3) is 5.56 Å². The number of halogens is 3. The number of aryl methyl sites for hydroxylation is 1. The third kappa shape index (κ3) is 6.38. The van der Waals surface area contributed by atoms with E-state index < -0.39 is 35.0 Å². The van der Waals surface area contributed by atoms with Gasteiger partial charge in [0.1, 0.15) is 17.9 Å². The van der Waals surface area contributed by atoms with E-state index in [-0.39, 0.29) is 37.1 Å². The number of alkyl halides is 3. The predicted octanol–water partition coefficient (Wildman–Crippen LogP) is 4.15. The summed E-state index contributed by atoms with van der Waals surface area (Å²) >= 11 is 0. The summed E-state index contributed by atoms with van der Waals surface area (Å²) in [6.07, 6.45) is -3.36. The molecular formula is C26H21F3N4O5. The van der Waals surface area contributed by atoms with Crippen LogP contribution in [0.3, 0.4) is 0 Å². The molecule has 0 aliphatic heterocycles. The lowest BCUT2D eigenvalue weighted by Gasteiger charge is -2.13. The number of benzene rings is 2. The zero-order valence-corrected chi connectivity index (χ0v) is 19.8. The molecule has 4 aromatic rings. The van der Waals surface area contributed by atoms with Crippen LogP contribution in [-0.4, -0.2) is 36.8 Å². The van der Waals surface area contributed by atoms with Crippen LogP contribution in [0.5, 0.6) is 5.75 Å². The number of ketones is 1. The molecule has 0 amide bonds. The molecule has 0 spiro atoms. The van der Waals surface area contributed by atoms with Crippen molar-refractivity contribution in [1.82, 2.24) is 20.0 Å². The third-order valence-corrected chi connectivity index (χ3v) is 5.79. The molecule has 196 valence electrons. The number of aromatic nitrogens is 4. The molecule has 2 aromatic carbocycles. The van der Waals surface area contributed by atoms with Gasteiger partial charge in [0, 0.05) is 24.7 Å². The van der Waals surface area contributed by atoms with Gasteiger partial charge in [-0.25, -0.2) is 9.67 Å². The van der Waals surface area contributed by atoms with Crippen molar-refractivity contribution in [2.75, 3.05) is 0 Å². The zero-order chi connectivity index (χ0) is 27.3. The van der Waals surface area contributed by atoms with Crippen LogP contribution in [0.1, 0.15) is 34.3 Å². The quantitative estimate of drug-likeness (QED) is 0.306. The number of ether oxygens (including phenoxy) is 1. The number of Topliss-reactive ketones (excluding diaryl/α,β-unsaturated/α-hetero) is 1. The Labute approximate surface area is 213 Å². The highest BCUT2D eigenvalue weighted by Crippen LogP contribution is 2.29. The van der Waals surface area contributed by atoms with Gasteiger partial charge in [0.05, 0.1) is 11.5 Å². The van der Waals surface area contributed by atoms with Crippen molar-refractivity contribution < 1.29 is 32.6 Å². The highest BCUT2D eigenvalue weighted by Gasteiger charge is 2.30. The van der Waals surface area contributed by atoms with E-state index in [0.717, 1.165) is 16.8 Å². The number of rotatable bonds is 10. The van der Waals surface area contributed by atoms with Crippen molar-refractivity contribution in [2.45, 2.75) is 32.2 Å². The minimum absolute atomic E-state index is 0.0355. The Morgan fingerprint density at radius 3 is 2.53 bits per heavy atom. The first-order valence-electron chi connectivity index (χ1n) is 11.5. The molecule has 2 aromatic heterocycles. The molecule has 1 unspecified atom stereocenters. The monoisotopic (exact) mass is 526 g/mol. The topological polar surface area (TPSA) is 124 Å². The van der Waals surface area contributed by atoms with E-state index in [1.54, 1.807) is 12.1 Å². The maximum atomic E-state index is 12.9. The maximum Gasteiger partial charge on any atom is 0.416 e. The van der Waals surface area contributed by atoms with Crippen LogP contribution in [-0.2, 0) is 24.1 Å². The molecule has 1 atom stereocenters. The van der Waals surface area contributed by atoms with Gasteiger partial charge < -0.3 is 9.84 Å². The minimum atomic E-state index is -4.46. The van der Waals surface area contributed by atoms with Gasteiger partial charge in [-0.05, 0) is 60.5 Å². The number of carboxylic acids is 1. The van der Waals surface area contributed by atoms with Crippen molar-refractivity contribution in [2.24, 2.45) is 5.92 Å². The Morgan fingerprint density at radius 1 is 1.05 bits per heavy atom. The number of hydrogen-bond acceptors (Lipinski definition) is 7. The average Bonchev–Trinajstić information content (AvgIpc) is 2.90. The first kappa shape index (κ1) is 26.5. The lowest BCUT2D eigenvalue weighted by atomic mass is 9.95. The number of carbonyl (C=O) groups excluding carboxylic acids is 1. The SMILES string of the molecule is O=C(CC(CCn1nnc2cccnc2c1=O)C(=O)O)c1ccc(OCc2cccc(C(F)(F)F)c2)cc1. The highest BCUT2D eigenvalue weighted by molar-refractivity contribution is 5.98. The largest absolute Gasteiger partial charge is 0.489 e. The van der Waals surface area contributed by atoms with Gasteiger partial charge in [0.15, 0.2) is 11.3 Å². The molecule has 0 radical (unpaired) electrons. The fourth-order valence-corrected chi connectivity index (χ4v) is 3.73. The molecule has 0 aliphatic rings. The van der Waals surface area contributed by atoms with E-state index in [4.69, 9.17) is 4.74 Å². The summed E-state index contributed by atoms with van der Waals surface area (Å²) < 4.78 is 45.1. The number of aliphatic carboxylic acids is 1. The van der Waals surface area contributed by atoms with Crippen LogP contribution in [0.25, 0.3) is 11.0 Å². The smallest absolute Gasteiger partial charge is 0.416 e. The van der Waals surface area contributed by atoms with Gasteiger partial charge in [-0.15, -0.1) is 5.10 Å². The van der Waals surface area contributed by atoms with Crippen LogP contribution in [0.4, 0.5) is 13.2 Å². The van der Waals surface area contributed by atoms with Crippen LogP contribution in [0.2, 0.25) is 0 Å². The molecule has 1 N–H and O–H groups in total. The number of nitrogens with zero attached hydrogens (tertiary/aromatic N) is 4. The van der Waals surface area contributed by atoms with E-state index in [0.29, 0.717) is 16.8 Å². The van der Waals surface area contributed by atoms with E-state index >= 15 is 0 Å². The zero-order valence-electron chi connectivity index (χ0n) is 19.8. The van der Waals surface area contributed by atoms with E-state index in [2.05, 4.69) is 15.3 Å². The molecular weight excluding hydrogens is 505 g/mol. The first-order valence-corrected chi connectivity index (χ1v) is 11.5. The summed E-state index contributed by atoms with van der Waals surface area (Å²) in [5.74, 6) is -2.37. The highest BCUT2D eigenvalue weighted by atomic mass is 19.4. The van der Waals surface area contributed by atoms with Crippen molar-refractivity contribution >= 4 is 22.8 Å². The van der Waals surface area contributed by atoms with Gasteiger partial charge >= 0.3 is 12.1 Å². The molecule has 0 bridgehead atoms. The van der Waals surface area contributed by atoms with Gasteiger partial charge in [0.2, 0.25) is 0 Å². The number of carboxylic acid groups (broad SMARTS) is 1. The lowest BCUT2D eigenvalue weighted by molar-refractivity contribution is -0.142. The summed E-state index contributed by atoms with van der Waals surface area (Å²) in [5, 5.41) is 17.3. The van der Waals surface area contributed by atoms with Crippen LogP contribution < -0.4 is 10.3 Å². The Balaban J connectivity index is 1.36. The van der Waals surface area contributed by atoms with Crippen molar-refractivity contribution in [3.63, 3.8) is 0 Å². The molecule has 38 heavy (non-hydrogen) atoms. The Morgan fingerprint density at radius 2 is 1.82 bits per heavy atom. The summed E-state index contributed by atoms with van der Waals surface area (Å²) in [5.41, 5.74) is -0.278. The van der Waals surface area contributed by atoms with E-state index in [1.807, 2.05) is 0 Å². The van der Waals surface area contributed by atoms with Crippen molar-refractivity contribution in [1.29, 1.82) is 0 Å². The second kappa shape index (κ2) is 11.2. The molecule has 12 heteroatoms. The molecule has 0 saturated heterocycles. The Kier molecular flexibility index (Phi) is 7.79. The Bertz CT molecular complexity index is 1520. The average molecular weight is 526 g/mol. The molecule has 9 nitrogen and oxygen atoms in total. The minimum Gasteiger partial charge on any atom is -0.489 e. The van der Waals surface area contributed by atoms with Gasteiger partial charge in [-0.2, -0.15) is 13.2 Å². The standard InChI is InChI=1S/C26H21F3N4O5/c27-26(28,29)19-4-1-3-16(13-19)15-38-20-8-6-17(7-9-20)22(34)14-18(25(36)37)10-12-33-24(35)23-21(31-32-33)5-2-11-30-23/h1-9,11,13,18H,10,12,14-15H2,(H,36,37). The normalized spacial score (nSPS) is 12.3. The number of pyridine rings is 1. The summed E-state index contributed by atoms with van der Waals surface area (Å²) in [6.45, 7) is -0.171. The Hall–Kier alpha value is -4.61. The number of fused-ring (bicyclic) bond motifs is 1. The predicted molar refractivity (Wildman–Crippen MR) is 129 cm³/mol. The fourth-order valence-electron chi connectivity index (χ4n) is 3.73. The summed E-state index contributed by atoms with van der Waals surface area (Å²) in [4.78, 5) is 41.0. The first-order chi connectivity index (χ1) is 18.1. The van der Waals surface area contributed by atoms with Crippen LogP contribution >= 0.6 is 0 Å². The summed E-state index contributed by atoms with van der Waals surface area (Å²) in [7, 11) is 0. The molecule has 2 heterocycles. The molecule has 0 saturated carbocycles.